The topological polar surface area (TPSA) is 90.0 Å². The Balaban J connectivity index is 2.59. The molecule has 1 saturated heterocycles. The molecule has 8 heteroatoms. The molecule has 0 aromatic rings. The number of amides is 3. The summed E-state index contributed by atoms with van der Waals surface area (Å²) < 4.78 is 0. The molecule has 1 heterocycles. The Morgan fingerprint density at radius 2 is 2.15 bits per heavy atom. The summed E-state index contributed by atoms with van der Waals surface area (Å²) in [5.74, 6) is -0.529. The molecule has 7 nitrogen and oxygen atoms in total. The Bertz CT molecular complexity index is 378. The summed E-state index contributed by atoms with van der Waals surface area (Å²) >= 11 is 1.53. The molecule has 1 atom stereocenters. The molecule has 20 heavy (non-hydrogen) atoms. The van der Waals surface area contributed by atoms with Crippen LogP contribution in [0.1, 0.15) is 12.8 Å². The standard InChI is InChI=1S/C12H21N3O4S/c1-14-5-3-6-15(8-10(14)16)12(19)13-9(11(17)18)4-7-20-2/h9H,3-8H2,1-2H3,(H,13,19)(H,17,18). The lowest BCUT2D eigenvalue weighted by molar-refractivity contribution is -0.139. The molecule has 1 fully saturated rings. The number of nitrogens with zero attached hydrogens (tertiary/aromatic N) is 2. The van der Waals surface area contributed by atoms with Crippen molar-refractivity contribution in [2.45, 2.75) is 18.9 Å². The molecule has 0 aromatic heterocycles. The lowest BCUT2D eigenvalue weighted by atomic mass is 10.2. The second-order valence-electron chi connectivity index (χ2n) is 4.71. The monoisotopic (exact) mass is 303 g/mol. The van der Waals surface area contributed by atoms with Crippen molar-refractivity contribution in [1.82, 2.24) is 15.1 Å². The van der Waals surface area contributed by atoms with Gasteiger partial charge in [-0.3, -0.25) is 4.79 Å². The number of carbonyl (C=O) groups is 3. The van der Waals surface area contributed by atoms with Crippen molar-refractivity contribution in [3.05, 3.63) is 0 Å². The third kappa shape index (κ3) is 4.92. The minimum absolute atomic E-state index is 0.00278. The lowest BCUT2D eigenvalue weighted by Crippen LogP contribution is -2.49. The first-order chi connectivity index (χ1) is 9.45. The highest BCUT2D eigenvalue weighted by molar-refractivity contribution is 7.98. The van der Waals surface area contributed by atoms with Crippen LogP contribution in [0.3, 0.4) is 0 Å². The second kappa shape index (κ2) is 7.98. The van der Waals surface area contributed by atoms with Gasteiger partial charge in [-0.1, -0.05) is 0 Å². The van der Waals surface area contributed by atoms with Gasteiger partial charge in [-0.2, -0.15) is 11.8 Å². The Kier molecular flexibility index (Phi) is 6.63. The number of carboxylic acids is 1. The molecule has 3 amide bonds. The molecule has 0 radical (unpaired) electrons. The number of hydrogen-bond donors (Lipinski definition) is 2. The Morgan fingerprint density at radius 1 is 1.45 bits per heavy atom. The van der Waals surface area contributed by atoms with E-state index in [1.165, 1.54) is 16.7 Å². The van der Waals surface area contributed by atoms with E-state index in [0.29, 0.717) is 31.7 Å². The normalized spacial score (nSPS) is 17.6. The molecule has 0 aromatic carbocycles. The number of aliphatic carboxylic acids is 1. The first kappa shape index (κ1) is 16.6. The van der Waals surface area contributed by atoms with Crippen molar-refractivity contribution in [2.24, 2.45) is 0 Å². The zero-order valence-electron chi connectivity index (χ0n) is 11.8. The predicted molar refractivity (Wildman–Crippen MR) is 76.8 cm³/mol. The molecule has 0 saturated carbocycles. The van der Waals surface area contributed by atoms with Crippen molar-refractivity contribution >= 4 is 29.7 Å². The highest BCUT2D eigenvalue weighted by atomic mass is 32.2. The van der Waals surface area contributed by atoms with E-state index in [-0.39, 0.29) is 12.5 Å². The van der Waals surface area contributed by atoms with Gasteiger partial charge in [0.05, 0.1) is 0 Å². The molecule has 1 aliphatic rings. The maximum absolute atomic E-state index is 12.1. The van der Waals surface area contributed by atoms with Crippen molar-refractivity contribution in [3.8, 4) is 0 Å². The van der Waals surface area contributed by atoms with Crippen LogP contribution in [0.25, 0.3) is 0 Å². The van der Waals surface area contributed by atoms with Crippen LogP contribution in [0.2, 0.25) is 0 Å². The van der Waals surface area contributed by atoms with Crippen LogP contribution in [-0.4, -0.2) is 77.5 Å². The Hall–Kier alpha value is -1.44. The summed E-state index contributed by atoms with van der Waals surface area (Å²) in [5, 5.41) is 11.6. The number of rotatable bonds is 5. The van der Waals surface area contributed by atoms with E-state index in [1.54, 1.807) is 11.9 Å². The fraction of sp³-hybridized carbons (Fsp3) is 0.750. The smallest absolute Gasteiger partial charge is 0.326 e. The van der Waals surface area contributed by atoms with Gasteiger partial charge in [-0.05, 0) is 24.9 Å². The largest absolute Gasteiger partial charge is 0.480 e. The molecule has 114 valence electrons. The lowest BCUT2D eigenvalue weighted by Gasteiger charge is -2.23. The second-order valence-corrected chi connectivity index (χ2v) is 5.70. The zero-order chi connectivity index (χ0) is 15.1. The van der Waals surface area contributed by atoms with E-state index in [4.69, 9.17) is 5.11 Å². The quantitative estimate of drug-likeness (QED) is 0.750. The van der Waals surface area contributed by atoms with Crippen molar-refractivity contribution in [3.63, 3.8) is 0 Å². The summed E-state index contributed by atoms with van der Waals surface area (Å²) in [6, 6.07) is -1.40. The highest BCUT2D eigenvalue weighted by Crippen LogP contribution is 2.05. The number of hydrogen-bond acceptors (Lipinski definition) is 4. The van der Waals surface area contributed by atoms with Gasteiger partial charge < -0.3 is 20.2 Å². The first-order valence-electron chi connectivity index (χ1n) is 6.47. The van der Waals surface area contributed by atoms with Gasteiger partial charge in [0.2, 0.25) is 5.91 Å². The Morgan fingerprint density at radius 3 is 2.75 bits per heavy atom. The van der Waals surface area contributed by atoms with Gasteiger partial charge >= 0.3 is 12.0 Å². The fourth-order valence-electron chi connectivity index (χ4n) is 1.89. The van der Waals surface area contributed by atoms with Crippen LogP contribution in [0.15, 0.2) is 0 Å². The summed E-state index contributed by atoms with van der Waals surface area (Å²) in [7, 11) is 1.70. The molecule has 0 aliphatic carbocycles. The van der Waals surface area contributed by atoms with E-state index in [2.05, 4.69) is 5.32 Å². The van der Waals surface area contributed by atoms with Gasteiger partial charge in [0.1, 0.15) is 12.6 Å². The number of thioether (sulfide) groups is 1. The highest BCUT2D eigenvalue weighted by Gasteiger charge is 2.26. The molecule has 2 N–H and O–H groups in total. The third-order valence-electron chi connectivity index (χ3n) is 3.17. The Labute approximate surface area is 122 Å². The van der Waals surface area contributed by atoms with E-state index in [0.717, 1.165) is 0 Å². The minimum atomic E-state index is -1.05. The van der Waals surface area contributed by atoms with Crippen LogP contribution in [0, 0.1) is 0 Å². The predicted octanol–water partition coefficient (Wildman–Crippen LogP) is 0.0664. The fourth-order valence-corrected chi connectivity index (χ4v) is 2.36. The zero-order valence-corrected chi connectivity index (χ0v) is 12.6. The number of urea groups is 1. The van der Waals surface area contributed by atoms with Crippen molar-refractivity contribution < 1.29 is 19.5 Å². The maximum Gasteiger partial charge on any atom is 0.326 e. The summed E-state index contributed by atoms with van der Waals surface area (Å²) in [5.41, 5.74) is 0. The van der Waals surface area contributed by atoms with Crippen LogP contribution in [0.5, 0.6) is 0 Å². The molecule has 1 aliphatic heterocycles. The van der Waals surface area contributed by atoms with E-state index < -0.39 is 18.0 Å². The molecule has 1 rings (SSSR count). The number of carboxylic acid groups (broad SMARTS) is 1. The summed E-state index contributed by atoms with van der Waals surface area (Å²) in [6.45, 7) is 1.06. The van der Waals surface area contributed by atoms with Gasteiger partial charge in [-0.15, -0.1) is 0 Å². The van der Waals surface area contributed by atoms with E-state index in [9.17, 15) is 14.4 Å². The number of nitrogens with one attached hydrogen (secondary N) is 1. The maximum atomic E-state index is 12.1. The van der Waals surface area contributed by atoms with Crippen LogP contribution >= 0.6 is 11.8 Å². The third-order valence-corrected chi connectivity index (χ3v) is 3.81. The van der Waals surface area contributed by atoms with E-state index >= 15 is 0 Å². The van der Waals surface area contributed by atoms with E-state index in [1.807, 2.05) is 6.26 Å². The van der Waals surface area contributed by atoms with Crippen LogP contribution in [-0.2, 0) is 9.59 Å². The van der Waals surface area contributed by atoms with Gasteiger partial charge in [0, 0.05) is 20.1 Å². The molecule has 1 unspecified atom stereocenters. The SMILES string of the molecule is CSCCC(NC(=O)N1CCCN(C)C(=O)C1)C(=O)O. The van der Waals surface area contributed by atoms with Crippen molar-refractivity contribution in [1.29, 1.82) is 0 Å². The summed E-state index contributed by atoms with van der Waals surface area (Å²) in [6.07, 6.45) is 2.94. The average Bonchev–Trinajstić information content (AvgIpc) is 2.56. The van der Waals surface area contributed by atoms with Crippen molar-refractivity contribution in [2.75, 3.05) is 38.7 Å². The first-order valence-corrected chi connectivity index (χ1v) is 7.86. The molecular weight excluding hydrogens is 282 g/mol. The molecule has 0 bridgehead atoms. The molecule has 0 spiro atoms. The number of carbonyl (C=O) groups excluding carboxylic acids is 2. The summed E-state index contributed by atoms with van der Waals surface area (Å²) in [4.78, 5) is 37.8. The van der Waals surface area contributed by atoms with Gasteiger partial charge in [0.15, 0.2) is 0 Å². The van der Waals surface area contributed by atoms with Gasteiger partial charge in [0.25, 0.3) is 0 Å². The average molecular weight is 303 g/mol. The minimum Gasteiger partial charge on any atom is -0.480 e. The van der Waals surface area contributed by atoms with Crippen LogP contribution < -0.4 is 5.32 Å². The molecular formula is C12H21N3O4S. The van der Waals surface area contributed by atoms with Crippen LogP contribution in [0.4, 0.5) is 4.79 Å². The van der Waals surface area contributed by atoms with Gasteiger partial charge in [-0.25, -0.2) is 9.59 Å². The number of likely N-dealkylation sites (N-methyl/N-ethyl adjacent to an activating group) is 1.